The number of nitrogens with one attached hydrogen (secondary N) is 1. The highest BCUT2D eigenvalue weighted by Gasteiger charge is 1.95. The van der Waals surface area contributed by atoms with E-state index in [1.807, 2.05) is 27.2 Å². The topological polar surface area (TPSA) is 24.4 Å². The highest BCUT2D eigenvalue weighted by Crippen LogP contribution is 2.19. The van der Waals surface area contributed by atoms with E-state index in [2.05, 4.69) is 130 Å². The number of fused-ring (bicyclic) bond motifs is 1. The molecule has 4 aromatic carbocycles. The molecule has 0 fully saturated rings. The van der Waals surface area contributed by atoms with Crippen LogP contribution in [-0.4, -0.2) is 20.3 Å². The monoisotopic (exact) mass is 454 g/mol. The highest BCUT2D eigenvalue weighted by molar-refractivity contribution is 5.85. The minimum atomic E-state index is 1.08. The summed E-state index contributed by atoms with van der Waals surface area (Å²) in [7, 11) is 3.75. The summed E-state index contributed by atoms with van der Waals surface area (Å²) in [6.07, 6.45) is 2.93. The quantitative estimate of drug-likeness (QED) is 0.301. The van der Waals surface area contributed by atoms with Crippen LogP contribution >= 0.6 is 0 Å². The van der Waals surface area contributed by atoms with Crippen molar-refractivity contribution in [1.29, 1.82) is 0 Å². The fraction of sp³-hybridized carbons (Fsp3) is 0.281. The van der Waals surface area contributed by atoms with E-state index in [9.17, 15) is 0 Å². The second-order valence-corrected chi connectivity index (χ2v) is 8.32. The Morgan fingerprint density at radius 3 is 1.79 bits per heavy atom. The average molecular weight is 455 g/mol. The van der Waals surface area contributed by atoms with Gasteiger partial charge in [0.1, 0.15) is 0 Å². The van der Waals surface area contributed by atoms with Gasteiger partial charge in [-0.3, -0.25) is 4.99 Å². The van der Waals surface area contributed by atoms with Crippen molar-refractivity contribution in [3.05, 3.63) is 113 Å². The molecule has 0 aromatic heterocycles. The number of rotatable bonds is 2. The fourth-order valence-electron chi connectivity index (χ4n) is 3.24. The Bertz CT molecular complexity index is 1100. The molecule has 0 atom stereocenters. The van der Waals surface area contributed by atoms with Gasteiger partial charge in [-0.25, -0.2) is 0 Å². The summed E-state index contributed by atoms with van der Waals surface area (Å²) < 4.78 is 0. The Hall–Kier alpha value is -3.23. The maximum atomic E-state index is 4.24. The van der Waals surface area contributed by atoms with Gasteiger partial charge in [0, 0.05) is 6.21 Å². The first-order valence-electron chi connectivity index (χ1n) is 12.0. The standard InChI is InChI=1S/C12H12.C10H13N.C8H10.C2H7N/c1-2-10-7-5-8-11-6-3-4-9-12(10)11;1-4-11-10-7-8(2)5-6-9(10)3;1-7-3-5-8(2)6-4-7;1-3-2/h3-9H,2H2,1H3;4-7H,1-3H3;3-6H,1-2H3;3H,1-2H3. The third-order valence-corrected chi connectivity index (χ3v) is 5.11. The van der Waals surface area contributed by atoms with E-state index in [4.69, 9.17) is 0 Å². The molecule has 0 saturated carbocycles. The Kier molecular flexibility index (Phi) is 13.9. The van der Waals surface area contributed by atoms with Crippen molar-refractivity contribution < 1.29 is 0 Å². The maximum absolute atomic E-state index is 4.24. The predicted octanol–water partition coefficient (Wildman–Crippen LogP) is 8.57. The van der Waals surface area contributed by atoms with Crippen LogP contribution in [0.4, 0.5) is 5.69 Å². The molecule has 0 aliphatic carbocycles. The smallest absolute Gasteiger partial charge is 0.0657 e. The SMILES string of the molecule is CC=Nc1cc(C)ccc1C.CCc1cccc2ccccc12.CNC.Cc1ccc(C)cc1. The number of hydrogen-bond acceptors (Lipinski definition) is 2. The summed E-state index contributed by atoms with van der Waals surface area (Å²) >= 11 is 0. The Balaban J connectivity index is 0.000000245. The lowest BCUT2D eigenvalue weighted by molar-refractivity contribution is 1.02. The molecule has 0 saturated heterocycles. The largest absolute Gasteiger partial charge is 0.323 e. The van der Waals surface area contributed by atoms with Gasteiger partial charge in [0.2, 0.25) is 0 Å². The molecule has 1 N–H and O–H groups in total. The zero-order valence-corrected chi connectivity index (χ0v) is 22.3. The van der Waals surface area contributed by atoms with Gasteiger partial charge in [-0.1, -0.05) is 96.9 Å². The van der Waals surface area contributed by atoms with E-state index in [0.717, 1.165) is 12.1 Å². The molecule has 0 aliphatic rings. The van der Waals surface area contributed by atoms with Gasteiger partial charge in [0.05, 0.1) is 5.69 Å². The molecule has 0 bridgehead atoms. The van der Waals surface area contributed by atoms with Gasteiger partial charge in [0.15, 0.2) is 0 Å². The zero-order chi connectivity index (χ0) is 25.3. The van der Waals surface area contributed by atoms with Crippen molar-refractivity contribution in [2.24, 2.45) is 4.99 Å². The Morgan fingerprint density at radius 2 is 1.24 bits per heavy atom. The van der Waals surface area contributed by atoms with Crippen LogP contribution in [-0.2, 0) is 6.42 Å². The van der Waals surface area contributed by atoms with E-state index in [1.54, 1.807) is 0 Å². The average Bonchev–Trinajstić information content (AvgIpc) is 2.84. The molecule has 0 amide bonds. The molecule has 0 radical (unpaired) electrons. The van der Waals surface area contributed by atoms with Gasteiger partial charge in [-0.05, 0) is 88.7 Å². The fourth-order valence-corrected chi connectivity index (χ4v) is 3.24. The van der Waals surface area contributed by atoms with Gasteiger partial charge in [-0.2, -0.15) is 0 Å². The van der Waals surface area contributed by atoms with Gasteiger partial charge >= 0.3 is 0 Å². The molecule has 0 aliphatic heterocycles. The van der Waals surface area contributed by atoms with Gasteiger partial charge in [-0.15, -0.1) is 0 Å². The summed E-state index contributed by atoms with van der Waals surface area (Å²) in [6.45, 7) is 12.5. The molecule has 0 heterocycles. The molecule has 4 rings (SSSR count). The summed E-state index contributed by atoms with van der Waals surface area (Å²) in [5.41, 5.74) is 7.66. The van der Waals surface area contributed by atoms with Crippen molar-refractivity contribution in [1.82, 2.24) is 5.32 Å². The Labute approximate surface area is 207 Å². The zero-order valence-electron chi connectivity index (χ0n) is 22.3. The normalized spacial score (nSPS) is 9.88. The molecule has 2 heteroatoms. The lowest BCUT2D eigenvalue weighted by Crippen LogP contribution is -1.89. The maximum Gasteiger partial charge on any atom is 0.0657 e. The summed E-state index contributed by atoms with van der Waals surface area (Å²) in [5.74, 6) is 0. The van der Waals surface area contributed by atoms with Crippen LogP contribution < -0.4 is 5.32 Å². The second kappa shape index (κ2) is 16.4. The van der Waals surface area contributed by atoms with E-state index >= 15 is 0 Å². The molecule has 34 heavy (non-hydrogen) atoms. The van der Waals surface area contributed by atoms with Crippen LogP contribution in [0.5, 0.6) is 0 Å². The van der Waals surface area contributed by atoms with Crippen LogP contribution in [0.2, 0.25) is 0 Å². The molecule has 0 spiro atoms. The van der Waals surface area contributed by atoms with E-state index in [0.29, 0.717) is 0 Å². The molecule has 0 unspecified atom stereocenters. The molecule has 180 valence electrons. The molecular weight excluding hydrogens is 412 g/mol. The third kappa shape index (κ3) is 10.6. The van der Waals surface area contributed by atoms with Crippen LogP contribution in [0.3, 0.4) is 0 Å². The molecule has 2 nitrogen and oxygen atoms in total. The summed E-state index contributed by atoms with van der Waals surface area (Å²) in [6, 6.07) is 29.8. The first-order chi connectivity index (χ1) is 16.4. The third-order valence-electron chi connectivity index (χ3n) is 5.11. The van der Waals surface area contributed by atoms with Crippen molar-refractivity contribution >= 4 is 22.7 Å². The van der Waals surface area contributed by atoms with Crippen molar-refractivity contribution in [2.45, 2.75) is 48.0 Å². The second-order valence-electron chi connectivity index (χ2n) is 8.32. The van der Waals surface area contributed by atoms with Crippen molar-refractivity contribution in [3.63, 3.8) is 0 Å². The van der Waals surface area contributed by atoms with E-state index in [1.165, 1.54) is 38.6 Å². The minimum absolute atomic E-state index is 1.08. The first kappa shape index (κ1) is 28.8. The summed E-state index contributed by atoms with van der Waals surface area (Å²) in [5, 5.41) is 5.49. The van der Waals surface area contributed by atoms with Crippen molar-refractivity contribution in [3.8, 4) is 0 Å². The van der Waals surface area contributed by atoms with Crippen LogP contribution in [0.15, 0.2) is 89.9 Å². The lowest BCUT2D eigenvalue weighted by atomic mass is 10.0. The Morgan fingerprint density at radius 1 is 0.706 bits per heavy atom. The molecule has 4 aromatic rings. The minimum Gasteiger partial charge on any atom is -0.323 e. The number of aliphatic imine (C=N–C) groups is 1. The van der Waals surface area contributed by atoms with Crippen molar-refractivity contribution in [2.75, 3.05) is 14.1 Å². The van der Waals surface area contributed by atoms with E-state index in [-0.39, 0.29) is 0 Å². The molecular formula is C32H42N2. The van der Waals surface area contributed by atoms with Crippen LogP contribution in [0, 0.1) is 27.7 Å². The lowest BCUT2D eigenvalue weighted by Gasteiger charge is -2.02. The predicted molar refractivity (Wildman–Crippen MR) is 154 cm³/mol. The highest BCUT2D eigenvalue weighted by atomic mass is 14.7. The van der Waals surface area contributed by atoms with Gasteiger partial charge in [0.25, 0.3) is 0 Å². The van der Waals surface area contributed by atoms with Crippen LogP contribution in [0.25, 0.3) is 10.8 Å². The van der Waals surface area contributed by atoms with Crippen LogP contribution in [0.1, 0.15) is 41.7 Å². The number of aryl methyl sites for hydroxylation is 5. The first-order valence-corrected chi connectivity index (χ1v) is 12.0. The number of nitrogens with zero attached hydrogens (tertiary/aromatic N) is 1. The number of benzene rings is 4. The van der Waals surface area contributed by atoms with Gasteiger partial charge < -0.3 is 5.32 Å². The summed E-state index contributed by atoms with van der Waals surface area (Å²) in [4.78, 5) is 4.24. The van der Waals surface area contributed by atoms with E-state index < -0.39 is 0 Å². The number of hydrogen-bond donors (Lipinski definition) is 1.